The van der Waals surface area contributed by atoms with Crippen LogP contribution >= 0.6 is 0 Å². The Bertz CT molecular complexity index is 1240. The first-order valence-corrected chi connectivity index (χ1v) is 9.06. The lowest BCUT2D eigenvalue weighted by atomic mass is 10.1. The van der Waals surface area contributed by atoms with Crippen LogP contribution in [0.3, 0.4) is 0 Å². The summed E-state index contributed by atoms with van der Waals surface area (Å²) in [5.41, 5.74) is 3.81. The molecule has 0 saturated carbocycles. The average Bonchev–Trinajstić information content (AvgIpc) is 3.30. The fourth-order valence-corrected chi connectivity index (χ4v) is 2.99. The molecule has 0 saturated heterocycles. The van der Waals surface area contributed by atoms with Gasteiger partial charge in [0.05, 0.1) is 18.2 Å². The standard InChI is InChI=1S/C22H18N4O3/c1-15(19-12-7-13-29-19)23-24-21(27)20-17-10-5-6-11-18(17)22(28)26(25-20)14-16-8-3-2-4-9-16/h2-13H,14H2,1H3,(H,24,27)/b23-15+. The molecule has 0 aliphatic carbocycles. The lowest BCUT2D eigenvalue weighted by Crippen LogP contribution is -2.29. The van der Waals surface area contributed by atoms with Gasteiger partial charge in [-0.05, 0) is 30.7 Å². The number of benzene rings is 2. The van der Waals surface area contributed by atoms with E-state index in [0.29, 0.717) is 22.2 Å². The number of fused-ring (bicyclic) bond motifs is 1. The zero-order valence-electron chi connectivity index (χ0n) is 15.7. The second kappa shape index (κ2) is 7.93. The molecule has 4 aromatic rings. The summed E-state index contributed by atoms with van der Waals surface area (Å²) in [7, 11) is 0. The molecule has 2 aromatic carbocycles. The highest BCUT2D eigenvalue weighted by Gasteiger charge is 2.17. The van der Waals surface area contributed by atoms with Gasteiger partial charge in [-0.2, -0.15) is 10.2 Å². The van der Waals surface area contributed by atoms with Gasteiger partial charge in [0.1, 0.15) is 11.5 Å². The zero-order chi connectivity index (χ0) is 20.2. The van der Waals surface area contributed by atoms with E-state index in [9.17, 15) is 9.59 Å². The summed E-state index contributed by atoms with van der Waals surface area (Å²) in [5.74, 6) is 0.0473. The van der Waals surface area contributed by atoms with Crippen molar-refractivity contribution >= 4 is 22.4 Å². The number of hydrogen-bond acceptors (Lipinski definition) is 5. The molecule has 7 heteroatoms. The number of carbonyl (C=O) groups is 1. The molecular weight excluding hydrogens is 368 g/mol. The van der Waals surface area contributed by atoms with Gasteiger partial charge < -0.3 is 4.42 Å². The first-order valence-electron chi connectivity index (χ1n) is 9.06. The van der Waals surface area contributed by atoms with Crippen LogP contribution < -0.4 is 11.0 Å². The van der Waals surface area contributed by atoms with E-state index in [0.717, 1.165) is 5.56 Å². The number of carbonyl (C=O) groups excluding carboxylic acids is 1. The van der Waals surface area contributed by atoms with Crippen molar-refractivity contribution < 1.29 is 9.21 Å². The van der Waals surface area contributed by atoms with Crippen molar-refractivity contribution in [2.24, 2.45) is 5.10 Å². The van der Waals surface area contributed by atoms with Gasteiger partial charge >= 0.3 is 0 Å². The molecule has 0 aliphatic heterocycles. The Balaban J connectivity index is 1.73. The highest BCUT2D eigenvalue weighted by Crippen LogP contribution is 2.14. The Labute approximate surface area is 166 Å². The second-order valence-corrected chi connectivity index (χ2v) is 6.46. The third-order valence-corrected chi connectivity index (χ3v) is 4.46. The van der Waals surface area contributed by atoms with Crippen LogP contribution in [0.2, 0.25) is 0 Å². The molecule has 0 atom stereocenters. The molecule has 0 aliphatic rings. The maximum atomic E-state index is 12.9. The molecule has 0 fully saturated rings. The number of hydrazone groups is 1. The molecule has 2 aromatic heterocycles. The molecule has 0 unspecified atom stereocenters. The third-order valence-electron chi connectivity index (χ3n) is 4.46. The van der Waals surface area contributed by atoms with E-state index in [4.69, 9.17) is 4.42 Å². The number of nitrogens with one attached hydrogen (secondary N) is 1. The first kappa shape index (κ1) is 18.4. The third kappa shape index (κ3) is 3.84. The minimum absolute atomic E-state index is 0.132. The lowest BCUT2D eigenvalue weighted by Gasteiger charge is -2.10. The maximum absolute atomic E-state index is 12.9. The summed E-state index contributed by atoms with van der Waals surface area (Å²) in [4.78, 5) is 25.7. The Morgan fingerprint density at radius 2 is 1.76 bits per heavy atom. The van der Waals surface area contributed by atoms with Crippen LogP contribution in [0.15, 0.2) is 87.3 Å². The molecule has 0 bridgehead atoms. The van der Waals surface area contributed by atoms with Gasteiger partial charge in [-0.25, -0.2) is 10.1 Å². The minimum Gasteiger partial charge on any atom is -0.463 e. The molecule has 1 amide bonds. The van der Waals surface area contributed by atoms with E-state index in [1.165, 1.54) is 10.9 Å². The number of aromatic nitrogens is 2. The van der Waals surface area contributed by atoms with E-state index in [-0.39, 0.29) is 17.8 Å². The van der Waals surface area contributed by atoms with Crippen molar-refractivity contribution in [2.45, 2.75) is 13.5 Å². The smallest absolute Gasteiger partial charge is 0.292 e. The topological polar surface area (TPSA) is 89.5 Å². The fourth-order valence-electron chi connectivity index (χ4n) is 2.99. The minimum atomic E-state index is -0.506. The van der Waals surface area contributed by atoms with Crippen LogP contribution in [0.4, 0.5) is 0 Å². The largest absolute Gasteiger partial charge is 0.463 e. The van der Waals surface area contributed by atoms with Crippen LogP contribution in [0.1, 0.15) is 28.7 Å². The van der Waals surface area contributed by atoms with Gasteiger partial charge in [0.15, 0.2) is 5.69 Å². The molecule has 29 heavy (non-hydrogen) atoms. The van der Waals surface area contributed by atoms with Gasteiger partial charge in [-0.1, -0.05) is 48.5 Å². The van der Waals surface area contributed by atoms with E-state index in [1.807, 2.05) is 30.3 Å². The number of nitrogens with zero attached hydrogens (tertiary/aromatic N) is 3. The molecule has 7 nitrogen and oxygen atoms in total. The van der Waals surface area contributed by atoms with Crippen molar-refractivity contribution in [2.75, 3.05) is 0 Å². The fraction of sp³-hybridized carbons (Fsp3) is 0.0909. The summed E-state index contributed by atoms with van der Waals surface area (Å²) in [6.45, 7) is 1.99. The van der Waals surface area contributed by atoms with Crippen LogP contribution in [0.5, 0.6) is 0 Å². The molecule has 0 spiro atoms. The second-order valence-electron chi connectivity index (χ2n) is 6.46. The van der Waals surface area contributed by atoms with E-state index >= 15 is 0 Å². The van der Waals surface area contributed by atoms with E-state index < -0.39 is 5.91 Å². The van der Waals surface area contributed by atoms with Gasteiger partial charge in [-0.3, -0.25) is 9.59 Å². The van der Waals surface area contributed by atoms with Gasteiger partial charge in [0.25, 0.3) is 11.5 Å². The normalized spacial score (nSPS) is 11.6. The van der Waals surface area contributed by atoms with Crippen molar-refractivity contribution in [3.63, 3.8) is 0 Å². The quantitative estimate of drug-likeness (QED) is 0.421. The summed E-state index contributed by atoms with van der Waals surface area (Å²) in [6, 6.07) is 19.9. The van der Waals surface area contributed by atoms with Gasteiger partial charge in [-0.15, -0.1) is 0 Å². The molecule has 1 N–H and O–H groups in total. The number of rotatable bonds is 5. The van der Waals surface area contributed by atoms with Crippen LogP contribution in [0, 0.1) is 0 Å². The number of amides is 1. The van der Waals surface area contributed by atoms with Gasteiger partial charge in [0.2, 0.25) is 0 Å². The number of furan rings is 1. The highest BCUT2D eigenvalue weighted by atomic mass is 16.3. The van der Waals surface area contributed by atoms with Crippen molar-refractivity contribution in [3.05, 3.63) is 100 Å². The summed E-state index contributed by atoms with van der Waals surface area (Å²) in [6.07, 6.45) is 1.53. The Hall–Kier alpha value is -4.00. The van der Waals surface area contributed by atoms with Crippen molar-refractivity contribution in [1.29, 1.82) is 0 Å². The monoisotopic (exact) mass is 386 g/mol. The molecular formula is C22H18N4O3. The van der Waals surface area contributed by atoms with Crippen molar-refractivity contribution in [1.82, 2.24) is 15.2 Å². The predicted octanol–water partition coefficient (Wildman–Crippen LogP) is 3.19. The number of hydrogen-bond donors (Lipinski definition) is 1. The van der Waals surface area contributed by atoms with Crippen LogP contribution in [-0.4, -0.2) is 21.4 Å². The summed E-state index contributed by atoms with van der Waals surface area (Å²) >= 11 is 0. The zero-order valence-corrected chi connectivity index (χ0v) is 15.7. The SMILES string of the molecule is C/C(=N\NC(=O)c1nn(Cc2ccccc2)c(=O)c2ccccc12)c1ccco1. The summed E-state index contributed by atoms with van der Waals surface area (Å²) in [5, 5.41) is 9.32. The Morgan fingerprint density at radius 3 is 2.48 bits per heavy atom. The first-order chi connectivity index (χ1) is 14.1. The Morgan fingerprint density at radius 1 is 1.03 bits per heavy atom. The highest BCUT2D eigenvalue weighted by molar-refractivity contribution is 6.05. The van der Waals surface area contributed by atoms with Crippen LogP contribution in [0.25, 0.3) is 10.8 Å². The molecule has 2 heterocycles. The Kier molecular flexibility index (Phi) is 5.03. The van der Waals surface area contributed by atoms with E-state index in [1.54, 1.807) is 43.3 Å². The van der Waals surface area contributed by atoms with Crippen molar-refractivity contribution in [3.8, 4) is 0 Å². The van der Waals surface area contributed by atoms with E-state index in [2.05, 4.69) is 15.6 Å². The molecule has 4 rings (SSSR count). The average molecular weight is 386 g/mol. The molecule has 144 valence electrons. The predicted molar refractivity (Wildman–Crippen MR) is 110 cm³/mol. The molecule has 0 radical (unpaired) electrons. The van der Waals surface area contributed by atoms with Gasteiger partial charge in [0, 0.05) is 5.39 Å². The lowest BCUT2D eigenvalue weighted by molar-refractivity contribution is 0.0949. The van der Waals surface area contributed by atoms with Crippen LogP contribution in [-0.2, 0) is 6.54 Å². The summed E-state index contributed by atoms with van der Waals surface area (Å²) < 4.78 is 6.56. The maximum Gasteiger partial charge on any atom is 0.292 e.